The van der Waals surface area contributed by atoms with Gasteiger partial charge in [-0.25, -0.2) is 0 Å². The highest BCUT2D eigenvalue weighted by molar-refractivity contribution is 5.79. The van der Waals surface area contributed by atoms with Crippen molar-refractivity contribution < 1.29 is 0 Å². The van der Waals surface area contributed by atoms with E-state index in [2.05, 4.69) is 36.2 Å². The molecule has 0 amide bonds. The van der Waals surface area contributed by atoms with Crippen LogP contribution in [0.2, 0.25) is 0 Å². The maximum absolute atomic E-state index is 11.9. The fraction of sp³-hybridized carbons (Fsp3) is 0.526. The Balaban J connectivity index is 1.95. The van der Waals surface area contributed by atoms with Crippen LogP contribution in [0.1, 0.15) is 63.0 Å². The Labute approximate surface area is 126 Å². The summed E-state index contributed by atoms with van der Waals surface area (Å²) < 4.78 is 0. The van der Waals surface area contributed by atoms with Gasteiger partial charge in [-0.3, -0.25) is 4.79 Å². The normalized spacial score (nSPS) is 18.0. The molecule has 1 N–H and O–H groups in total. The number of H-pyrrole nitrogens is 1. The fourth-order valence-corrected chi connectivity index (χ4v) is 3.72. The Hall–Kier alpha value is -1.57. The first-order valence-corrected chi connectivity index (χ1v) is 8.35. The molecule has 1 heterocycles. The van der Waals surface area contributed by atoms with E-state index in [0.717, 1.165) is 23.4 Å². The minimum Gasteiger partial charge on any atom is -0.322 e. The molecule has 1 aliphatic carbocycles. The largest absolute Gasteiger partial charge is 0.322 e. The molecule has 2 nitrogen and oxygen atoms in total. The molecule has 1 aromatic carbocycles. The predicted molar refractivity (Wildman–Crippen MR) is 88.9 cm³/mol. The molecule has 0 saturated heterocycles. The van der Waals surface area contributed by atoms with E-state index in [1.54, 1.807) is 0 Å². The van der Waals surface area contributed by atoms with Gasteiger partial charge in [0.05, 0.1) is 0 Å². The molecule has 3 rings (SSSR count). The van der Waals surface area contributed by atoms with Gasteiger partial charge >= 0.3 is 0 Å². The van der Waals surface area contributed by atoms with Crippen molar-refractivity contribution in [3.63, 3.8) is 0 Å². The van der Waals surface area contributed by atoms with Crippen LogP contribution in [0.4, 0.5) is 0 Å². The van der Waals surface area contributed by atoms with Crippen LogP contribution in [0, 0.1) is 5.92 Å². The molecule has 1 aromatic heterocycles. The van der Waals surface area contributed by atoms with Crippen LogP contribution in [-0.2, 0) is 6.42 Å². The fourth-order valence-electron chi connectivity index (χ4n) is 3.72. The Morgan fingerprint density at radius 2 is 1.95 bits per heavy atom. The van der Waals surface area contributed by atoms with Gasteiger partial charge in [-0.05, 0) is 60.2 Å². The lowest BCUT2D eigenvalue weighted by Gasteiger charge is -2.28. The lowest BCUT2D eigenvalue weighted by Crippen LogP contribution is -2.14. The Bertz CT molecular complexity index is 680. The summed E-state index contributed by atoms with van der Waals surface area (Å²) in [4.78, 5) is 14.9. The maximum Gasteiger partial charge on any atom is 0.251 e. The number of aromatic nitrogens is 1. The number of fused-ring (bicyclic) bond motifs is 1. The molecular weight excluding hydrogens is 258 g/mol. The standard InChI is InChI=1S/C19H25NO/c1-3-14-11-17-12-16(9-10-18(17)20-19(14)21)13(2)15-7-5-4-6-8-15/h9-13,15H,3-8H2,1-2H3,(H,20,21). The second-order valence-corrected chi connectivity index (χ2v) is 6.51. The first kappa shape index (κ1) is 14.4. The molecule has 1 aliphatic rings. The number of aryl methyl sites for hydroxylation is 1. The zero-order valence-corrected chi connectivity index (χ0v) is 13.1. The predicted octanol–water partition coefficient (Wildman–Crippen LogP) is 4.77. The first-order chi connectivity index (χ1) is 10.2. The van der Waals surface area contributed by atoms with Gasteiger partial charge in [-0.15, -0.1) is 0 Å². The quantitative estimate of drug-likeness (QED) is 0.864. The van der Waals surface area contributed by atoms with Crippen LogP contribution in [0.3, 0.4) is 0 Å². The van der Waals surface area contributed by atoms with Gasteiger partial charge in [0.25, 0.3) is 5.56 Å². The Morgan fingerprint density at radius 3 is 2.67 bits per heavy atom. The molecule has 1 saturated carbocycles. The van der Waals surface area contributed by atoms with Crippen molar-refractivity contribution in [1.82, 2.24) is 4.98 Å². The highest BCUT2D eigenvalue weighted by Crippen LogP contribution is 2.36. The van der Waals surface area contributed by atoms with Crippen molar-refractivity contribution in [1.29, 1.82) is 0 Å². The number of pyridine rings is 1. The van der Waals surface area contributed by atoms with Gasteiger partial charge in [0.1, 0.15) is 0 Å². The van der Waals surface area contributed by atoms with Gasteiger partial charge in [0.2, 0.25) is 0 Å². The van der Waals surface area contributed by atoms with Gasteiger partial charge in [-0.1, -0.05) is 39.2 Å². The molecule has 0 radical (unpaired) electrons. The molecular formula is C19H25NO. The van der Waals surface area contributed by atoms with Gasteiger partial charge in [-0.2, -0.15) is 0 Å². The summed E-state index contributed by atoms with van der Waals surface area (Å²) in [6.45, 7) is 4.40. The molecule has 1 atom stereocenters. The second-order valence-electron chi connectivity index (χ2n) is 6.51. The molecule has 0 bridgehead atoms. The number of benzene rings is 1. The minimum absolute atomic E-state index is 0.0538. The highest BCUT2D eigenvalue weighted by Gasteiger charge is 2.21. The minimum atomic E-state index is 0.0538. The Kier molecular flexibility index (Phi) is 4.14. The molecule has 1 fully saturated rings. The van der Waals surface area contributed by atoms with Crippen LogP contribution < -0.4 is 5.56 Å². The molecule has 2 aromatic rings. The number of aromatic amines is 1. The molecule has 0 aliphatic heterocycles. The summed E-state index contributed by atoms with van der Waals surface area (Å²) in [6, 6.07) is 8.61. The van der Waals surface area contributed by atoms with E-state index < -0.39 is 0 Å². The Morgan fingerprint density at radius 1 is 1.19 bits per heavy atom. The molecule has 21 heavy (non-hydrogen) atoms. The van der Waals surface area contributed by atoms with Crippen LogP contribution in [0.5, 0.6) is 0 Å². The topological polar surface area (TPSA) is 32.9 Å². The first-order valence-electron chi connectivity index (χ1n) is 8.35. The zero-order valence-electron chi connectivity index (χ0n) is 13.1. The van der Waals surface area contributed by atoms with E-state index in [1.165, 1.54) is 43.1 Å². The van der Waals surface area contributed by atoms with Crippen molar-refractivity contribution in [2.75, 3.05) is 0 Å². The third kappa shape index (κ3) is 2.90. The third-order valence-corrected chi connectivity index (χ3v) is 5.21. The monoisotopic (exact) mass is 283 g/mol. The van der Waals surface area contributed by atoms with Gasteiger partial charge in [0.15, 0.2) is 0 Å². The van der Waals surface area contributed by atoms with Crippen molar-refractivity contribution in [2.24, 2.45) is 5.92 Å². The second kappa shape index (κ2) is 6.05. The van der Waals surface area contributed by atoms with E-state index in [-0.39, 0.29) is 5.56 Å². The average molecular weight is 283 g/mol. The highest BCUT2D eigenvalue weighted by atomic mass is 16.1. The van der Waals surface area contributed by atoms with Crippen LogP contribution in [0.15, 0.2) is 29.1 Å². The zero-order chi connectivity index (χ0) is 14.8. The lowest BCUT2D eigenvalue weighted by molar-refractivity contribution is 0.316. The van der Waals surface area contributed by atoms with E-state index in [9.17, 15) is 4.79 Å². The van der Waals surface area contributed by atoms with Crippen molar-refractivity contribution in [2.45, 2.75) is 58.3 Å². The van der Waals surface area contributed by atoms with E-state index in [4.69, 9.17) is 0 Å². The molecule has 112 valence electrons. The number of nitrogens with one attached hydrogen (secondary N) is 1. The molecule has 1 unspecified atom stereocenters. The van der Waals surface area contributed by atoms with E-state index in [0.29, 0.717) is 5.92 Å². The summed E-state index contributed by atoms with van der Waals surface area (Å²) in [5, 5.41) is 1.17. The maximum atomic E-state index is 11.9. The SMILES string of the molecule is CCc1cc2cc(C(C)C3CCCCC3)ccc2[nH]c1=O. The summed E-state index contributed by atoms with van der Waals surface area (Å²) in [6.07, 6.45) is 7.69. The van der Waals surface area contributed by atoms with Crippen molar-refractivity contribution in [3.05, 3.63) is 45.7 Å². The van der Waals surface area contributed by atoms with Crippen LogP contribution in [-0.4, -0.2) is 4.98 Å². The smallest absolute Gasteiger partial charge is 0.251 e. The number of hydrogen-bond donors (Lipinski definition) is 1. The number of rotatable bonds is 3. The summed E-state index contributed by atoms with van der Waals surface area (Å²) in [7, 11) is 0. The van der Waals surface area contributed by atoms with E-state index >= 15 is 0 Å². The summed E-state index contributed by atoms with van der Waals surface area (Å²) >= 11 is 0. The van der Waals surface area contributed by atoms with Crippen molar-refractivity contribution >= 4 is 10.9 Å². The summed E-state index contributed by atoms with van der Waals surface area (Å²) in [5.74, 6) is 1.44. The molecule has 2 heteroatoms. The lowest BCUT2D eigenvalue weighted by atomic mass is 9.77. The van der Waals surface area contributed by atoms with Gasteiger partial charge in [0, 0.05) is 11.1 Å². The third-order valence-electron chi connectivity index (χ3n) is 5.21. The van der Waals surface area contributed by atoms with E-state index in [1.807, 2.05) is 6.92 Å². The summed E-state index contributed by atoms with van der Waals surface area (Å²) in [5.41, 5.74) is 3.31. The van der Waals surface area contributed by atoms with Crippen molar-refractivity contribution in [3.8, 4) is 0 Å². The molecule has 0 spiro atoms. The number of hydrogen-bond acceptors (Lipinski definition) is 1. The van der Waals surface area contributed by atoms with Gasteiger partial charge < -0.3 is 4.98 Å². The average Bonchev–Trinajstić information content (AvgIpc) is 2.54. The van der Waals surface area contributed by atoms with Crippen LogP contribution >= 0.6 is 0 Å². The van der Waals surface area contributed by atoms with Crippen LogP contribution in [0.25, 0.3) is 10.9 Å².